The van der Waals surface area contributed by atoms with E-state index in [0.717, 1.165) is 0 Å². The van der Waals surface area contributed by atoms with E-state index in [1.807, 2.05) is 0 Å². The molecule has 6 heteroatoms. The fourth-order valence-corrected chi connectivity index (χ4v) is 1.80. The highest BCUT2D eigenvalue weighted by molar-refractivity contribution is 6.33. The van der Waals surface area contributed by atoms with Gasteiger partial charge >= 0.3 is 6.36 Å². The molecule has 0 saturated carbocycles. The Balaban J connectivity index is 2.30. The van der Waals surface area contributed by atoms with Crippen LogP contribution in [0.5, 0.6) is 5.75 Å². The molecule has 0 radical (unpaired) electrons. The molecule has 100 valence electrons. The molecule has 0 unspecified atom stereocenters. The summed E-state index contributed by atoms with van der Waals surface area (Å²) in [6.07, 6.45) is -4.70. The highest BCUT2D eigenvalue weighted by Gasteiger charge is 2.30. The molecule has 0 aromatic heterocycles. The van der Waals surface area contributed by atoms with Gasteiger partial charge in [-0.1, -0.05) is 35.9 Å². The number of nitrogen functional groups attached to an aromatic ring is 1. The maximum atomic E-state index is 12.0. The number of nitrogens with two attached hydrogens (primary N) is 1. The van der Waals surface area contributed by atoms with Gasteiger partial charge in [-0.3, -0.25) is 0 Å². The van der Waals surface area contributed by atoms with E-state index in [0.29, 0.717) is 21.8 Å². The topological polar surface area (TPSA) is 35.2 Å². The molecule has 0 aliphatic heterocycles. The van der Waals surface area contributed by atoms with Gasteiger partial charge in [-0.25, -0.2) is 0 Å². The minimum absolute atomic E-state index is 0.281. The Bertz CT molecular complexity index is 581. The molecule has 0 bridgehead atoms. The molecule has 2 aromatic carbocycles. The molecule has 0 aliphatic carbocycles. The van der Waals surface area contributed by atoms with Crippen molar-refractivity contribution < 1.29 is 17.9 Å². The van der Waals surface area contributed by atoms with E-state index in [1.54, 1.807) is 18.2 Å². The molecule has 0 saturated heterocycles. The van der Waals surface area contributed by atoms with E-state index in [-0.39, 0.29) is 5.75 Å². The van der Waals surface area contributed by atoms with Gasteiger partial charge in [-0.05, 0) is 23.8 Å². The molecule has 0 atom stereocenters. The quantitative estimate of drug-likeness (QED) is 0.826. The average molecular weight is 288 g/mol. The first-order chi connectivity index (χ1) is 8.87. The molecule has 0 fully saturated rings. The van der Waals surface area contributed by atoms with Crippen molar-refractivity contribution in [2.45, 2.75) is 6.36 Å². The van der Waals surface area contributed by atoms with E-state index < -0.39 is 6.36 Å². The van der Waals surface area contributed by atoms with Crippen LogP contribution >= 0.6 is 11.6 Å². The molecule has 2 aromatic rings. The molecule has 0 spiro atoms. The number of hydrogen-bond donors (Lipinski definition) is 1. The zero-order valence-electron chi connectivity index (χ0n) is 9.54. The van der Waals surface area contributed by atoms with Crippen molar-refractivity contribution in [3.8, 4) is 16.9 Å². The monoisotopic (exact) mass is 287 g/mol. The van der Waals surface area contributed by atoms with Crippen LogP contribution in [-0.2, 0) is 0 Å². The molecular formula is C13H9ClF3NO. The molecule has 2 nitrogen and oxygen atoms in total. The molecule has 0 amide bonds. The van der Waals surface area contributed by atoms with Crippen LogP contribution in [0.3, 0.4) is 0 Å². The number of anilines is 1. The number of benzene rings is 2. The van der Waals surface area contributed by atoms with Crippen molar-refractivity contribution in [3.05, 3.63) is 47.5 Å². The lowest BCUT2D eigenvalue weighted by atomic mass is 10.0. The van der Waals surface area contributed by atoms with Gasteiger partial charge in [0.25, 0.3) is 0 Å². The molecule has 19 heavy (non-hydrogen) atoms. The maximum Gasteiger partial charge on any atom is 0.573 e. The second-order valence-electron chi connectivity index (χ2n) is 3.77. The fourth-order valence-electron chi connectivity index (χ4n) is 1.62. The standard InChI is InChI=1S/C13H9ClF3NO/c14-11-3-1-2-10(12(11)18)8-4-6-9(7-5-8)19-13(15,16)17/h1-7H,18H2. The molecular weight excluding hydrogens is 279 g/mol. The van der Waals surface area contributed by atoms with E-state index in [1.165, 1.54) is 24.3 Å². The SMILES string of the molecule is Nc1c(Cl)cccc1-c1ccc(OC(F)(F)F)cc1. The molecule has 0 heterocycles. The summed E-state index contributed by atoms with van der Waals surface area (Å²) in [6, 6.07) is 10.5. The summed E-state index contributed by atoms with van der Waals surface area (Å²) in [6.45, 7) is 0. The Hall–Kier alpha value is -1.88. The van der Waals surface area contributed by atoms with Crippen molar-refractivity contribution in [1.82, 2.24) is 0 Å². The highest BCUT2D eigenvalue weighted by Crippen LogP contribution is 2.33. The van der Waals surface area contributed by atoms with Crippen LogP contribution in [0.15, 0.2) is 42.5 Å². The van der Waals surface area contributed by atoms with Crippen molar-refractivity contribution >= 4 is 17.3 Å². The number of para-hydroxylation sites is 1. The zero-order valence-corrected chi connectivity index (χ0v) is 10.3. The average Bonchev–Trinajstić information content (AvgIpc) is 2.32. The van der Waals surface area contributed by atoms with E-state index in [2.05, 4.69) is 4.74 Å². The third-order valence-corrected chi connectivity index (χ3v) is 2.78. The lowest BCUT2D eigenvalue weighted by Gasteiger charge is -2.10. The number of rotatable bonds is 2. The lowest BCUT2D eigenvalue weighted by Crippen LogP contribution is -2.16. The van der Waals surface area contributed by atoms with Crippen LogP contribution < -0.4 is 10.5 Å². The van der Waals surface area contributed by atoms with Crippen LogP contribution in [0.25, 0.3) is 11.1 Å². The Morgan fingerprint density at radius 2 is 1.63 bits per heavy atom. The van der Waals surface area contributed by atoms with Gasteiger partial charge in [-0.2, -0.15) is 0 Å². The van der Waals surface area contributed by atoms with Crippen molar-refractivity contribution in [3.63, 3.8) is 0 Å². The summed E-state index contributed by atoms with van der Waals surface area (Å²) in [7, 11) is 0. The van der Waals surface area contributed by atoms with Crippen molar-refractivity contribution in [2.75, 3.05) is 5.73 Å². The summed E-state index contributed by atoms with van der Waals surface area (Å²) >= 11 is 5.88. The van der Waals surface area contributed by atoms with Gasteiger partial charge in [0.05, 0.1) is 10.7 Å². The van der Waals surface area contributed by atoms with Gasteiger partial charge in [0.2, 0.25) is 0 Å². The summed E-state index contributed by atoms with van der Waals surface area (Å²) in [5.41, 5.74) is 7.51. The lowest BCUT2D eigenvalue weighted by molar-refractivity contribution is -0.274. The van der Waals surface area contributed by atoms with Crippen LogP contribution in [0, 0.1) is 0 Å². The van der Waals surface area contributed by atoms with Gasteiger partial charge in [0, 0.05) is 5.56 Å². The Morgan fingerprint density at radius 3 is 2.21 bits per heavy atom. The van der Waals surface area contributed by atoms with Crippen LogP contribution in [0.4, 0.5) is 18.9 Å². The molecule has 0 aliphatic rings. The fraction of sp³-hybridized carbons (Fsp3) is 0.0769. The summed E-state index contributed by atoms with van der Waals surface area (Å²) < 4.78 is 39.9. The predicted octanol–water partition coefficient (Wildman–Crippen LogP) is 4.49. The second-order valence-corrected chi connectivity index (χ2v) is 4.18. The second kappa shape index (κ2) is 5.01. The van der Waals surface area contributed by atoms with Gasteiger partial charge in [0.15, 0.2) is 0 Å². The zero-order chi connectivity index (χ0) is 14.0. The van der Waals surface area contributed by atoms with Gasteiger partial charge < -0.3 is 10.5 Å². The highest BCUT2D eigenvalue weighted by atomic mass is 35.5. The van der Waals surface area contributed by atoms with Crippen LogP contribution in [0.1, 0.15) is 0 Å². The van der Waals surface area contributed by atoms with Crippen LogP contribution in [-0.4, -0.2) is 6.36 Å². The molecule has 2 rings (SSSR count). The summed E-state index contributed by atoms with van der Waals surface area (Å²) in [5.74, 6) is -0.281. The summed E-state index contributed by atoms with van der Waals surface area (Å²) in [5, 5.41) is 0.396. The van der Waals surface area contributed by atoms with Crippen molar-refractivity contribution in [1.29, 1.82) is 0 Å². The number of ether oxygens (including phenoxy) is 1. The van der Waals surface area contributed by atoms with Crippen LogP contribution in [0.2, 0.25) is 5.02 Å². The first kappa shape index (κ1) is 13.5. The van der Waals surface area contributed by atoms with E-state index in [9.17, 15) is 13.2 Å². The third-order valence-electron chi connectivity index (χ3n) is 2.45. The van der Waals surface area contributed by atoms with Crippen molar-refractivity contribution in [2.24, 2.45) is 0 Å². The Kier molecular flexibility index (Phi) is 3.57. The van der Waals surface area contributed by atoms with Gasteiger partial charge in [0.1, 0.15) is 5.75 Å². The third kappa shape index (κ3) is 3.32. The smallest absolute Gasteiger partial charge is 0.406 e. The number of alkyl halides is 3. The summed E-state index contributed by atoms with van der Waals surface area (Å²) in [4.78, 5) is 0. The maximum absolute atomic E-state index is 12.0. The Labute approximate surface area is 112 Å². The minimum Gasteiger partial charge on any atom is -0.406 e. The predicted molar refractivity (Wildman–Crippen MR) is 68.0 cm³/mol. The number of halogens is 4. The minimum atomic E-state index is -4.70. The normalized spacial score (nSPS) is 11.4. The number of hydrogen-bond acceptors (Lipinski definition) is 2. The molecule has 2 N–H and O–H groups in total. The van der Waals surface area contributed by atoms with Gasteiger partial charge in [-0.15, -0.1) is 13.2 Å². The largest absolute Gasteiger partial charge is 0.573 e. The van der Waals surface area contributed by atoms with E-state index in [4.69, 9.17) is 17.3 Å². The first-order valence-electron chi connectivity index (χ1n) is 5.27. The van der Waals surface area contributed by atoms with E-state index >= 15 is 0 Å². The first-order valence-corrected chi connectivity index (χ1v) is 5.65. The Morgan fingerprint density at radius 1 is 1.00 bits per heavy atom.